The predicted molar refractivity (Wildman–Crippen MR) is 70.7 cm³/mol. The summed E-state index contributed by atoms with van der Waals surface area (Å²) in [7, 11) is 0. The summed E-state index contributed by atoms with van der Waals surface area (Å²) in [5, 5.41) is 12.6. The molecule has 100 valence electrons. The number of aliphatic hydroxyl groups is 1. The largest absolute Gasteiger partial charge is 0.394 e. The van der Waals surface area contributed by atoms with Crippen molar-refractivity contribution in [3.05, 3.63) is 23.9 Å². The lowest BCUT2D eigenvalue weighted by atomic mass is 10.2. The molecule has 1 aromatic rings. The van der Waals surface area contributed by atoms with Gasteiger partial charge in [0, 0.05) is 19.3 Å². The first-order valence-corrected chi connectivity index (χ1v) is 6.46. The van der Waals surface area contributed by atoms with Gasteiger partial charge in [-0.1, -0.05) is 13.0 Å². The van der Waals surface area contributed by atoms with Gasteiger partial charge in [0.25, 0.3) is 0 Å². The fraction of sp³-hybridized carbons (Fsp3) is 0.615. The number of pyridine rings is 1. The van der Waals surface area contributed by atoms with E-state index < -0.39 is 0 Å². The van der Waals surface area contributed by atoms with E-state index in [2.05, 4.69) is 28.2 Å². The van der Waals surface area contributed by atoms with Gasteiger partial charge >= 0.3 is 0 Å². The molecule has 0 bridgehead atoms. The summed E-state index contributed by atoms with van der Waals surface area (Å²) < 4.78 is 5.36. The van der Waals surface area contributed by atoms with E-state index in [9.17, 15) is 5.11 Å². The van der Waals surface area contributed by atoms with Gasteiger partial charge < -0.3 is 20.1 Å². The van der Waals surface area contributed by atoms with E-state index >= 15 is 0 Å². The van der Waals surface area contributed by atoms with E-state index in [1.807, 2.05) is 12.3 Å². The Morgan fingerprint density at radius 3 is 3.11 bits per heavy atom. The zero-order chi connectivity index (χ0) is 12.8. The molecule has 2 N–H and O–H groups in total. The van der Waals surface area contributed by atoms with Crippen LogP contribution in [0.3, 0.4) is 0 Å². The van der Waals surface area contributed by atoms with Crippen LogP contribution in [0.15, 0.2) is 18.3 Å². The van der Waals surface area contributed by atoms with E-state index in [1.165, 1.54) is 5.56 Å². The highest BCUT2D eigenvalue weighted by Crippen LogP contribution is 2.17. The van der Waals surface area contributed by atoms with Gasteiger partial charge in [-0.15, -0.1) is 0 Å². The van der Waals surface area contributed by atoms with Gasteiger partial charge in [0.15, 0.2) is 0 Å². The Morgan fingerprint density at radius 1 is 1.56 bits per heavy atom. The molecule has 18 heavy (non-hydrogen) atoms. The van der Waals surface area contributed by atoms with Crippen LogP contribution in [0.1, 0.15) is 12.5 Å². The normalized spacial score (nSPS) is 20.1. The van der Waals surface area contributed by atoms with Gasteiger partial charge in [0.2, 0.25) is 0 Å². The predicted octanol–water partition coefficient (Wildman–Crippen LogP) is 0.389. The molecule has 0 spiro atoms. The first-order chi connectivity index (χ1) is 8.85. The Labute approximate surface area is 108 Å². The summed E-state index contributed by atoms with van der Waals surface area (Å²) >= 11 is 0. The molecule has 0 aromatic carbocycles. The molecule has 5 nitrogen and oxygen atoms in total. The average molecular weight is 251 g/mol. The molecule has 1 aliphatic heterocycles. The summed E-state index contributed by atoms with van der Waals surface area (Å²) in [6.45, 7) is 6.02. The minimum atomic E-state index is 0.0193. The Kier molecular flexibility index (Phi) is 4.92. The van der Waals surface area contributed by atoms with Gasteiger partial charge in [0.1, 0.15) is 5.82 Å². The summed E-state index contributed by atoms with van der Waals surface area (Å²) in [5.74, 6) is 0.914. The van der Waals surface area contributed by atoms with Crippen LogP contribution in [0.25, 0.3) is 0 Å². The molecule has 1 aliphatic rings. The smallest absolute Gasteiger partial charge is 0.128 e. The highest BCUT2D eigenvalue weighted by molar-refractivity contribution is 5.41. The molecule has 2 heterocycles. The van der Waals surface area contributed by atoms with Crippen molar-refractivity contribution in [3.63, 3.8) is 0 Å². The molecule has 1 saturated heterocycles. The third-order valence-corrected chi connectivity index (χ3v) is 3.12. The lowest BCUT2D eigenvalue weighted by Gasteiger charge is -2.35. The summed E-state index contributed by atoms with van der Waals surface area (Å²) in [4.78, 5) is 6.58. The molecule has 0 aliphatic carbocycles. The molecule has 1 fully saturated rings. The molecule has 1 aromatic heterocycles. The lowest BCUT2D eigenvalue weighted by molar-refractivity contribution is 0.0723. The first kappa shape index (κ1) is 13.3. The van der Waals surface area contributed by atoms with Gasteiger partial charge in [-0.25, -0.2) is 4.98 Å². The van der Waals surface area contributed by atoms with Crippen molar-refractivity contribution < 1.29 is 9.84 Å². The van der Waals surface area contributed by atoms with Gasteiger partial charge in [-0.2, -0.15) is 0 Å². The van der Waals surface area contributed by atoms with E-state index in [1.54, 1.807) is 0 Å². The number of anilines is 1. The van der Waals surface area contributed by atoms with Crippen molar-refractivity contribution in [1.82, 2.24) is 10.3 Å². The number of rotatable bonds is 5. The SMILES string of the molecule is CCNCc1ccc(N2CCOCC2CO)nc1. The second-order valence-electron chi connectivity index (χ2n) is 4.41. The van der Waals surface area contributed by atoms with Crippen LogP contribution in [-0.4, -0.2) is 49.0 Å². The minimum Gasteiger partial charge on any atom is -0.394 e. The topological polar surface area (TPSA) is 57.6 Å². The number of ether oxygens (including phenoxy) is 1. The van der Waals surface area contributed by atoms with Crippen LogP contribution in [-0.2, 0) is 11.3 Å². The van der Waals surface area contributed by atoms with E-state index in [-0.39, 0.29) is 12.6 Å². The first-order valence-electron chi connectivity index (χ1n) is 6.46. The van der Waals surface area contributed by atoms with Gasteiger partial charge in [0.05, 0.1) is 25.9 Å². The van der Waals surface area contributed by atoms with Crippen molar-refractivity contribution >= 4 is 5.82 Å². The third-order valence-electron chi connectivity index (χ3n) is 3.12. The number of nitrogens with one attached hydrogen (secondary N) is 1. The number of aromatic nitrogens is 1. The molecule has 2 rings (SSSR count). The maximum Gasteiger partial charge on any atom is 0.128 e. The quantitative estimate of drug-likeness (QED) is 0.793. The molecule has 0 amide bonds. The van der Waals surface area contributed by atoms with E-state index in [4.69, 9.17) is 4.74 Å². The fourth-order valence-corrected chi connectivity index (χ4v) is 2.07. The molecular weight excluding hydrogens is 230 g/mol. The summed E-state index contributed by atoms with van der Waals surface area (Å²) in [5.41, 5.74) is 1.18. The van der Waals surface area contributed by atoms with Crippen molar-refractivity contribution in [3.8, 4) is 0 Å². The maximum absolute atomic E-state index is 9.33. The Bertz CT molecular complexity index is 356. The number of hydrogen-bond donors (Lipinski definition) is 2. The zero-order valence-corrected chi connectivity index (χ0v) is 10.8. The highest BCUT2D eigenvalue weighted by atomic mass is 16.5. The van der Waals surface area contributed by atoms with Crippen LogP contribution >= 0.6 is 0 Å². The lowest BCUT2D eigenvalue weighted by Crippen LogP contribution is -2.48. The third kappa shape index (κ3) is 3.19. The van der Waals surface area contributed by atoms with Crippen molar-refractivity contribution in [2.24, 2.45) is 0 Å². The van der Waals surface area contributed by atoms with Crippen LogP contribution in [0.2, 0.25) is 0 Å². The average Bonchev–Trinajstić information content (AvgIpc) is 2.45. The fourth-order valence-electron chi connectivity index (χ4n) is 2.07. The zero-order valence-electron chi connectivity index (χ0n) is 10.8. The Balaban J connectivity index is 2.03. The van der Waals surface area contributed by atoms with Crippen LogP contribution in [0.4, 0.5) is 5.82 Å². The number of nitrogens with zero attached hydrogens (tertiary/aromatic N) is 2. The Hall–Kier alpha value is -1.17. The number of aliphatic hydroxyl groups excluding tert-OH is 1. The molecule has 0 radical (unpaired) electrons. The summed E-state index contributed by atoms with van der Waals surface area (Å²) in [6, 6.07) is 4.11. The molecular formula is C13H21N3O2. The number of morpholine rings is 1. The second-order valence-corrected chi connectivity index (χ2v) is 4.41. The van der Waals surface area contributed by atoms with Crippen molar-refractivity contribution in [1.29, 1.82) is 0 Å². The molecule has 0 saturated carbocycles. The minimum absolute atomic E-state index is 0.0193. The van der Waals surface area contributed by atoms with Crippen LogP contribution in [0.5, 0.6) is 0 Å². The van der Waals surface area contributed by atoms with Crippen LogP contribution in [0, 0.1) is 0 Å². The molecule has 1 atom stereocenters. The number of hydrogen-bond acceptors (Lipinski definition) is 5. The Morgan fingerprint density at radius 2 is 2.44 bits per heavy atom. The van der Waals surface area contributed by atoms with Crippen molar-refractivity contribution in [2.45, 2.75) is 19.5 Å². The highest BCUT2D eigenvalue weighted by Gasteiger charge is 2.23. The molecule has 1 unspecified atom stereocenters. The van der Waals surface area contributed by atoms with Crippen molar-refractivity contribution in [2.75, 3.05) is 37.8 Å². The summed E-state index contributed by atoms with van der Waals surface area (Å²) in [6.07, 6.45) is 1.89. The van der Waals surface area contributed by atoms with Crippen LogP contribution < -0.4 is 10.2 Å². The molecule has 5 heteroatoms. The van der Waals surface area contributed by atoms with Gasteiger partial charge in [-0.3, -0.25) is 0 Å². The second kappa shape index (κ2) is 6.68. The monoisotopic (exact) mass is 251 g/mol. The van der Waals surface area contributed by atoms with E-state index in [0.29, 0.717) is 13.2 Å². The maximum atomic E-state index is 9.33. The van der Waals surface area contributed by atoms with E-state index in [0.717, 1.165) is 25.5 Å². The standard InChI is InChI=1S/C13H21N3O2/c1-2-14-7-11-3-4-13(15-8-11)16-5-6-18-10-12(16)9-17/h3-4,8,12,14,17H,2,5-7,9-10H2,1H3. The van der Waals surface area contributed by atoms with Gasteiger partial charge in [-0.05, 0) is 18.2 Å².